The molecule has 1 N–H and O–H groups in total. The van der Waals surface area contributed by atoms with Crippen molar-refractivity contribution >= 4 is 38.2 Å². The van der Waals surface area contributed by atoms with Crippen molar-refractivity contribution in [3.63, 3.8) is 0 Å². The Kier molecular flexibility index (Phi) is 10.6. The van der Waals surface area contributed by atoms with E-state index >= 15 is 0 Å². The van der Waals surface area contributed by atoms with Crippen LogP contribution >= 0.6 is 11.3 Å². The van der Waals surface area contributed by atoms with Crippen molar-refractivity contribution in [3.8, 4) is 11.5 Å². The standard InChI is InChI=1S/C29H34N2O9S2/c1-5-38-29(33)26-19(2)25(17-20-6-11-23-24(16-20)40-18-39-23)41-28(26)30-27(32)21-7-9-22(10-8-21)42(34,35)31(12-14-36-3)13-15-37-4/h6-11,16H,5,12-15,17-18H2,1-4H3,(H,30,32). The van der Waals surface area contributed by atoms with Gasteiger partial charge < -0.3 is 29.0 Å². The van der Waals surface area contributed by atoms with Crippen LogP contribution in [0.1, 0.15) is 43.6 Å². The maximum Gasteiger partial charge on any atom is 0.341 e. The van der Waals surface area contributed by atoms with Gasteiger partial charge in [-0.1, -0.05) is 6.07 Å². The summed E-state index contributed by atoms with van der Waals surface area (Å²) in [4.78, 5) is 27.1. The molecular formula is C29H34N2O9S2. The molecule has 0 aliphatic carbocycles. The average Bonchev–Trinajstić information content (AvgIpc) is 3.56. The van der Waals surface area contributed by atoms with Gasteiger partial charge in [-0.25, -0.2) is 13.2 Å². The first-order valence-corrected chi connectivity index (χ1v) is 15.5. The van der Waals surface area contributed by atoms with Crippen LogP contribution in [-0.4, -0.2) is 78.5 Å². The van der Waals surface area contributed by atoms with E-state index in [1.165, 1.54) is 54.1 Å². The fraction of sp³-hybridized carbons (Fsp3) is 0.379. The van der Waals surface area contributed by atoms with Crippen LogP contribution in [0.25, 0.3) is 0 Å². The molecule has 0 atom stereocenters. The average molecular weight is 619 g/mol. The third-order valence-corrected chi connectivity index (χ3v) is 9.72. The zero-order valence-electron chi connectivity index (χ0n) is 23.9. The molecule has 0 spiro atoms. The number of hydrogen-bond donors (Lipinski definition) is 1. The maximum absolute atomic E-state index is 13.3. The SMILES string of the molecule is CCOC(=O)c1c(NC(=O)c2ccc(S(=O)(=O)N(CCOC)CCOC)cc2)sc(Cc2ccc3c(c2)OCO3)c1C. The summed E-state index contributed by atoms with van der Waals surface area (Å²) in [5.74, 6) is 0.313. The second-order valence-electron chi connectivity index (χ2n) is 9.31. The number of anilines is 1. The maximum atomic E-state index is 13.3. The van der Waals surface area contributed by atoms with Crippen molar-refractivity contribution in [2.75, 3.05) is 59.2 Å². The van der Waals surface area contributed by atoms with Crippen LogP contribution in [0.5, 0.6) is 11.5 Å². The molecule has 0 bridgehead atoms. The number of fused-ring (bicyclic) bond motifs is 1. The van der Waals surface area contributed by atoms with Gasteiger partial charge >= 0.3 is 5.97 Å². The van der Waals surface area contributed by atoms with E-state index in [1.807, 2.05) is 25.1 Å². The lowest BCUT2D eigenvalue weighted by molar-refractivity contribution is 0.0527. The summed E-state index contributed by atoms with van der Waals surface area (Å²) in [5, 5.41) is 3.19. The minimum Gasteiger partial charge on any atom is -0.462 e. The van der Waals surface area contributed by atoms with E-state index < -0.39 is 21.9 Å². The van der Waals surface area contributed by atoms with Crippen LogP contribution in [0, 0.1) is 6.92 Å². The lowest BCUT2D eigenvalue weighted by atomic mass is 10.1. The highest BCUT2D eigenvalue weighted by Crippen LogP contribution is 2.38. The zero-order valence-corrected chi connectivity index (χ0v) is 25.6. The number of ether oxygens (including phenoxy) is 5. The molecule has 0 fully saturated rings. The largest absolute Gasteiger partial charge is 0.462 e. The summed E-state index contributed by atoms with van der Waals surface area (Å²) in [7, 11) is -0.847. The van der Waals surface area contributed by atoms with Gasteiger partial charge in [-0.3, -0.25) is 4.79 Å². The number of hydrogen-bond acceptors (Lipinski definition) is 10. The molecule has 13 heteroatoms. The predicted octanol–water partition coefficient (Wildman–Crippen LogP) is 4.09. The number of rotatable bonds is 14. The van der Waals surface area contributed by atoms with Crippen molar-refractivity contribution < 1.29 is 41.7 Å². The van der Waals surface area contributed by atoms with Crippen LogP contribution in [0.15, 0.2) is 47.4 Å². The van der Waals surface area contributed by atoms with Crippen molar-refractivity contribution in [3.05, 3.63) is 69.6 Å². The van der Waals surface area contributed by atoms with Crippen molar-refractivity contribution in [2.45, 2.75) is 25.2 Å². The fourth-order valence-electron chi connectivity index (χ4n) is 4.34. The second kappa shape index (κ2) is 14.1. The topological polar surface area (TPSA) is 130 Å². The predicted molar refractivity (Wildman–Crippen MR) is 157 cm³/mol. The molecule has 1 aliphatic heterocycles. The summed E-state index contributed by atoms with van der Waals surface area (Å²) in [6.45, 7) is 4.66. The van der Waals surface area contributed by atoms with E-state index in [4.69, 9.17) is 23.7 Å². The molecule has 1 aromatic heterocycles. The number of benzene rings is 2. The van der Waals surface area contributed by atoms with Crippen molar-refractivity contribution in [1.29, 1.82) is 0 Å². The third kappa shape index (κ3) is 7.10. The number of carbonyl (C=O) groups excluding carboxylic acids is 2. The molecule has 11 nitrogen and oxygen atoms in total. The number of methoxy groups -OCH3 is 2. The number of amides is 1. The molecule has 3 aromatic rings. The van der Waals surface area contributed by atoms with Gasteiger partial charge in [-0.05, 0) is 61.4 Å². The van der Waals surface area contributed by atoms with Gasteiger partial charge in [0, 0.05) is 44.2 Å². The lowest BCUT2D eigenvalue weighted by Crippen LogP contribution is -2.36. The van der Waals surface area contributed by atoms with Gasteiger partial charge in [0.15, 0.2) is 11.5 Å². The Morgan fingerprint density at radius 2 is 1.67 bits per heavy atom. The Balaban J connectivity index is 1.56. The first kappa shape index (κ1) is 31.4. The number of sulfonamides is 1. The molecule has 0 saturated carbocycles. The zero-order chi connectivity index (χ0) is 30.3. The first-order chi connectivity index (χ1) is 20.2. The second-order valence-corrected chi connectivity index (χ2v) is 12.4. The Hall–Kier alpha value is -3.49. The third-order valence-electron chi connectivity index (χ3n) is 6.60. The smallest absolute Gasteiger partial charge is 0.341 e. The summed E-state index contributed by atoms with van der Waals surface area (Å²) >= 11 is 1.29. The highest BCUT2D eigenvalue weighted by molar-refractivity contribution is 7.89. The van der Waals surface area contributed by atoms with Gasteiger partial charge in [-0.2, -0.15) is 4.31 Å². The molecule has 42 heavy (non-hydrogen) atoms. The molecule has 2 aromatic carbocycles. The van der Waals surface area contributed by atoms with Crippen LogP contribution in [-0.2, 0) is 30.7 Å². The van der Waals surface area contributed by atoms with E-state index in [-0.39, 0.29) is 55.7 Å². The monoisotopic (exact) mass is 618 g/mol. The van der Waals surface area contributed by atoms with Crippen LogP contribution in [0.2, 0.25) is 0 Å². The van der Waals surface area contributed by atoms with E-state index in [9.17, 15) is 18.0 Å². The summed E-state index contributed by atoms with van der Waals surface area (Å²) < 4.78 is 53.9. The summed E-state index contributed by atoms with van der Waals surface area (Å²) in [5.41, 5.74) is 2.18. The van der Waals surface area contributed by atoms with Crippen molar-refractivity contribution in [1.82, 2.24) is 4.31 Å². The molecule has 2 heterocycles. The highest BCUT2D eigenvalue weighted by Gasteiger charge is 2.26. The molecule has 1 aliphatic rings. The lowest BCUT2D eigenvalue weighted by Gasteiger charge is -2.21. The minimum atomic E-state index is -3.84. The van der Waals surface area contributed by atoms with Gasteiger partial charge in [0.1, 0.15) is 5.00 Å². The number of nitrogens with one attached hydrogen (secondary N) is 1. The molecular weight excluding hydrogens is 584 g/mol. The van der Waals surface area contributed by atoms with E-state index in [0.717, 1.165) is 10.4 Å². The number of esters is 1. The Labute approximate surface area is 249 Å². The van der Waals surface area contributed by atoms with Gasteiger partial charge in [0.25, 0.3) is 5.91 Å². The fourth-order valence-corrected chi connectivity index (χ4v) is 6.97. The molecule has 0 unspecified atom stereocenters. The summed E-state index contributed by atoms with van der Waals surface area (Å²) in [6.07, 6.45) is 0.505. The van der Waals surface area contributed by atoms with E-state index in [1.54, 1.807) is 6.92 Å². The van der Waals surface area contributed by atoms with E-state index in [0.29, 0.717) is 28.5 Å². The Bertz CT molecular complexity index is 1510. The number of thiophene rings is 1. The molecule has 0 saturated heterocycles. The first-order valence-electron chi connectivity index (χ1n) is 13.3. The van der Waals surface area contributed by atoms with Gasteiger partial charge in [0.2, 0.25) is 16.8 Å². The van der Waals surface area contributed by atoms with Crippen LogP contribution in [0.4, 0.5) is 5.00 Å². The Morgan fingerprint density at radius 3 is 2.31 bits per heavy atom. The van der Waals surface area contributed by atoms with Gasteiger partial charge in [-0.15, -0.1) is 11.3 Å². The number of carbonyl (C=O) groups is 2. The van der Waals surface area contributed by atoms with Crippen molar-refractivity contribution in [2.24, 2.45) is 0 Å². The molecule has 1 amide bonds. The molecule has 4 rings (SSSR count). The van der Waals surface area contributed by atoms with Crippen LogP contribution < -0.4 is 14.8 Å². The quantitative estimate of drug-likeness (QED) is 0.266. The minimum absolute atomic E-state index is 0.0384. The van der Waals surface area contributed by atoms with E-state index in [2.05, 4.69) is 5.32 Å². The van der Waals surface area contributed by atoms with Gasteiger partial charge in [0.05, 0.1) is 30.3 Å². The molecule has 226 valence electrons. The highest BCUT2D eigenvalue weighted by atomic mass is 32.2. The number of nitrogens with zero attached hydrogens (tertiary/aromatic N) is 1. The summed E-state index contributed by atoms with van der Waals surface area (Å²) in [6, 6.07) is 11.3. The van der Waals surface area contributed by atoms with Crippen LogP contribution in [0.3, 0.4) is 0 Å². The molecule has 0 radical (unpaired) electrons. The normalized spacial score (nSPS) is 12.5. The Morgan fingerprint density at radius 1 is 1.00 bits per heavy atom.